The number of nitrogens with two attached hydrogens (primary N) is 1. The quantitative estimate of drug-likeness (QED) is 0.921. The van der Waals surface area contributed by atoms with Crippen molar-refractivity contribution in [2.24, 2.45) is 5.73 Å². The Morgan fingerprint density at radius 3 is 2.44 bits per heavy atom. The molecule has 1 aromatic carbocycles. The van der Waals surface area contributed by atoms with E-state index in [0.717, 1.165) is 10.0 Å². The fraction of sp³-hybridized carbons (Fsp3) is 0.500. The fourth-order valence-electron chi connectivity index (χ4n) is 1.97. The van der Waals surface area contributed by atoms with Crippen LogP contribution in [0.3, 0.4) is 0 Å². The first-order chi connectivity index (χ1) is 8.21. The summed E-state index contributed by atoms with van der Waals surface area (Å²) < 4.78 is 39.5. The molecule has 0 saturated heterocycles. The molecule has 1 rings (SSSR count). The van der Waals surface area contributed by atoms with Crippen LogP contribution in [0.25, 0.3) is 0 Å². The molecule has 0 radical (unpaired) electrons. The van der Waals surface area contributed by atoms with Crippen molar-refractivity contribution in [2.75, 3.05) is 7.05 Å². The van der Waals surface area contributed by atoms with Crippen molar-refractivity contribution < 1.29 is 13.2 Å². The van der Waals surface area contributed by atoms with Crippen LogP contribution in [0.2, 0.25) is 0 Å². The van der Waals surface area contributed by atoms with Crippen molar-refractivity contribution in [2.45, 2.75) is 31.7 Å². The predicted octanol–water partition coefficient (Wildman–Crippen LogP) is 3.16. The molecule has 0 aromatic heterocycles. The summed E-state index contributed by atoms with van der Waals surface area (Å²) in [6.45, 7) is 1.57. The summed E-state index contributed by atoms with van der Waals surface area (Å²) in [5.74, 6) is 0. The van der Waals surface area contributed by atoms with Gasteiger partial charge in [-0.1, -0.05) is 28.1 Å². The van der Waals surface area contributed by atoms with E-state index in [9.17, 15) is 13.2 Å². The third-order valence-corrected chi connectivity index (χ3v) is 3.12. The smallest absolute Gasteiger partial charge is 0.326 e. The summed E-state index contributed by atoms with van der Waals surface area (Å²) in [6, 6.07) is 4.59. The van der Waals surface area contributed by atoms with Crippen molar-refractivity contribution in [1.82, 2.24) is 4.90 Å². The maximum Gasteiger partial charge on any atom is 0.405 e. The molecule has 0 aliphatic rings. The Morgan fingerprint density at radius 1 is 1.39 bits per heavy atom. The zero-order valence-corrected chi connectivity index (χ0v) is 11.8. The standard InChI is InChI=1S/C12H16BrF3N2/c1-8(17)11(12(14,15)16)18(2)7-9-4-3-5-10(13)6-9/h3-6,8,11H,7,17H2,1-2H3. The molecular weight excluding hydrogens is 309 g/mol. The molecule has 6 heteroatoms. The van der Waals surface area contributed by atoms with E-state index < -0.39 is 18.3 Å². The Hall–Kier alpha value is -0.590. The average molecular weight is 325 g/mol. The Balaban J connectivity index is 2.82. The van der Waals surface area contributed by atoms with E-state index >= 15 is 0 Å². The maximum absolute atomic E-state index is 12.9. The lowest BCUT2D eigenvalue weighted by molar-refractivity contribution is -0.186. The Bertz CT molecular complexity index is 393. The summed E-state index contributed by atoms with van der Waals surface area (Å²) in [4.78, 5) is 1.23. The van der Waals surface area contributed by atoms with Gasteiger partial charge >= 0.3 is 6.18 Å². The second-order valence-electron chi connectivity index (χ2n) is 4.39. The van der Waals surface area contributed by atoms with Gasteiger partial charge < -0.3 is 5.73 Å². The van der Waals surface area contributed by atoms with E-state index in [0.29, 0.717) is 0 Å². The highest BCUT2D eigenvalue weighted by Crippen LogP contribution is 2.27. The zero-order chi connectivity index (χ0) is 13.9. The molecule has 0 aliphatic heterocycles. The first-order valence-corrected chi connectivity index (χ1v) is 6.28. The van der Waals surface area contributed by atoms with Gasteiger partial charge in [0.05, 0.1) is 0 Å². The summed E-state index contributed by atoms with van der Waals surface area (Å²) in [6.07, 6.45) is -4.32. The maximum atomic E-state index is 12.9. The van der Waals surface area contributed by atoms with Gasteiger partial charge in [-0.15, -0.1) is 0 Å². The van der Waals surface area contributed by atoms with Crippen molar-refractivity contribution in [3.05, 3.63) is 34.3 Å². The van der Waals surface area contributed by atoms with Gasteiger partial charge in [0.15, 0.2) is 0 Å². The number of hydrogen-bond acceptors (Lipinski definition) is 2. The minimum absolute atomic E-state index is 0.200. The highest BCUT2D eigenvalue weighted by atomic mass is 79.9. The molecule has 0 bridgehead atoms. The molecule has 0 spiro atoms. The summed E-state index contributed by atoms with van der Waals surface area (Å²) in [5.41, 5.74) is 6.24. The Labute approximate surface area is 113 Å². The normalized spacial score (nSPS) is 15.8. The number of alkyl halides is 3. The van der Waals surface area contributed by atoms with Crippen LogP contribution in [0, 0.1) is 0 Å². The van der Waals surface area contributed by atoms with Crippen molar-refractivity contribution >= 4 is 15.9 Å². The van der Waals surface area contributed by atoms with Crippen LogP contribution in [-0.4, -0.2) is 30.2 Å². The van der Waals surface area contributed by atoms with E-state index in [-0.39, 0.29) is 6.54 Å². The molecule has 2 nitrogen and oxygen atoms in total. The molecular formula is C12H16BrF3N2. The zero-order valence-electron chi connectivity index (χ0n) is 10.2. The highest BCUT2D eigenvalue weighted by molar-refractivity contribution is 9.10. The number of hydrogen-bond donors (Lipinski definition) is 1. The number of benzene rings is 1. The molecule has 102 valence electrons. The van der Waals surface area contributed by atoms with Gasteiger partial charge in [-0.2, -0.15) is 13.2 Å². The van der Waals surface area contributed by atoms with Crippen molar-refractivity contribution in [1.29, 1.82) is 0 Å². The molecule has 0 saturated carbocycles. The van der Waals surface area contributed by atoms with Crippen LogP contribution < -0.4 is 5.73 Å². The molecule has 2 N–H and O–H groups in total. The molecule has 1 aromatic rings. The van der Waals surface area contributed by atoms with Crippen LogP contribution in [0.15, 0.2) is 28.7 Å². The minimum Gasteiger partial charge on any atom is -0.326 e. The highest BCUT2D eigenvalue weighted by Gasteiger charge is 2.44. The molecule has 0 fully saturated rings. The molecule has 0 aliphatic carbocycles. The Morgan fingerprint density at radius 2 is 2.00 bits per heavy atom. The summed E-state index contributed by atoms with van der Waals surface area (Å²) >= 11 is 3.29. The van der Waals surface area contributed by atoms with Crippen LogP contribution in [0.4, 0.5) is 13.2 Å². The number of rotatable bonds is 4. The lowest BCUT2D eigenvalue weighted by Gasteiger charge is -2.32. The number of likely N-dealkylation sites (N-methyl/N-ethyl adjacent to an activating group) is 1. The van der Waals surface area contributed by atoms with Crippen LogP contribution in [-0.2, 0) is 6.54 Å². The predicted molar refractivity (Wildman–Crippen MR) is 69.1 cm³/mol. The Kier molecular flexibility index (Phi) is 5.19. The van der Waals surface area contributed by atoms with E-state index in [1.807, 2.05) is 6.07 Å². The van der Waals surface area contributed by atoms with Crippen molar-refractivity contribution in [3.63, 3.8) is 0 Å². The van der Waals surface area contributed by atoms with E-state index in [4.69, 9.17) is 5.73 Å². The summed E-state index contributed by atoms with van der Waals surface area (Å²) in [7, 11) is 1.43. The topological polar surface area (TPSA) is 29.3 Å². The van der Waals surface area contributed by atoms with Crippen LogP contribution in [0.1, 0.15) is 12.5 Å². The average Bonchev–Trinajstić information content (AvgIpc) is 2.13. The minimum atomic E-state index is -4.32. The van der Waals surface area contributed by atoms with Crippen LogP contribution >= 0.6 is 15.9 Å². The monoisotopic (exact) mass is 324 g/mol. The molecule has 2 unspecified atom stereocenters. The van der Waals surface area contributed by atoms with Gasteiger partial charge in [0.25, 0.3) is 0 Å². The van der Waals surface area contributed by atoms with Gasteiger partial charge in [0.1, 0.15) is 6.04 Å². The van der Waals surface area contributed by atoms with Gasteiger partial charge in [-0.3, -0.25) is 4.90 Å². The summed E-state index contributed by atoms with van der Waals surface area (Å²) in [5, 5.41) is 0. The first kappa shape index (κ1) is 15.5. The largest absolute Gasteiger partial charge is 0.405 e. The molecule has 0 amide bonds. The number of nitrogens with zero attached hydrogens (tertiary/aromatic N) is 1. The lowest BCUT2D eigenvalue weighted by Crippen LogP contribution is -2.53. The van der Waals surface area contributed by atoms with Crippen molar-refractivity contribution in [3.8, 4) is 0 Å². The van der Waals surface area contributed by atoms with E-state index in [2.05, 4.69) is 15.9 Å². The molecule has 2 atom stereocenters. The first-order valence-electron chi connectivity index (χ1n) is 5.49. The van der Waals surface area contributed by atoms with Gasteiger partial charge in [-0.25, -0.2) is 0 Å². The fourth-order valence-corrected chi connectivity index (χ4v) is 2.42. The molecule has 0 heterocycles. The third-order valence-electron chi connectivity index (χ3n) is 2.63. The van der Waals surface area contributed by atoms with Gasteiger partial charge in [-0.05, 0) is 31.7 Å². The van der Waals surface area contributed by atoms with Crippen LogP contribution in [0.5, 0.6) is 0 Å². The van der Waals surface area contributed by atoms with E-state index in [1.54, 1.807) is 18.2 Å². The SMILES string of the molecule is CC(N)C(N(C)Cc1cccc(Br)c1)C(F)(F)F. The van der Waals surface area contributed by atoms with Gasteiger partial charge in [0, 0.05) is 17.1 Å². The second-order valence-corrected chi connectivity index (χ2v) is 5.31. The second kappa shape index (κ2) is 6.04. The third kappa shape index (κ3) is 4.26. The number of halogens is 4. The molecule has 18 heavy (non-hydrogen) atoms. The van der Waals surface area contributed by atoms with Gasteiger partial charge in [0.2, 0.25) is 0 Å². The lowest BCUT2D eigenvalue weighted by atomic mass is 10.1. The van der Waals surface area contributed by atoms with E-state index in [1.165, 1.54) is 18.9 Å².